The Morgan fingerprint density at radius 2 is 1.48 bits per heavy atom. The molecule has 1 amide bonds. The number of amides is 1. The molecule has 4 aromatic carbocycles. The molecule has 10 heteroatoms. The summed E-state index contributed by atoms with van der Waals surface area (Å²) in [7, 11) is 1.27. The second-order valence-corrected chi connectivity index (χ2v) is 8.78. The van der Waals surface area contributed by atoms with Crippen LogP contribution in [0.25, 0.3) is 28.1 Å². The Labute approximate surface area is 226 Å². The molecule has 0 aliphatic carbocycles. The predicted molar refractivity (Wildman–Crippen MR) is 143 cm³/mol. The highest BCUT2D eigenvalue weighted by molar-refractivity contribution is 6.04. The van der Waals surface area contributed by atoms with Crippen molar-refractivity contribution >= 4 is 17.6 Å². The van der Waals surface area contributed by atoms with Crippen LogP contribution in [0, 0.1) is 0 Å². The third-order valence-corrected chi connectivity index (χ3v) is 6.12. The maximum atomic E-state index is 12.9. The number of alkyl halides is 3. The molecule has 1 N–H and O–H groups in total. The number of hydrogen-bond acceptors (Lipinski definition) is 5. The van der Waals surface area contributed by atoms with Crippen LogP contribution in [0.4, 0.5) is 18.9 Å². The number of aromatic nitrogens is 3. The van der Waals surface area contributed by atoms with E-state index in [-0.39, 0.29) is 11.5 Å². The molecule has 0 saturated heterocycles. The highest BCUT2D eigenvalue weighted by atomic mass is 19.4. The number of hydrogen-bond donors (Lipinski definition) is 1. The monoisotopic (exact) mass is 542 g/mol. The minimum absolute atomic E-state index is 0.238. The van der Waals surface area contributed by atoms with E-state index in [1.165, 1.54) is 23.9 Å². The van der Waals surface area contributed by atoms with Crippen molar-refractivity contribution in [1.82, 2.24) is 15.0 Å². The summed E-state index contributed by atoms with van der Waals surface area (Å²) in [5.41, 5.74) is 3.37. The average Bonchev–Trinajstić information content (AvgIpc) is 3.47. The van der Waals surface area contributed by atoms with Crippen LogP contribution in [0.15, 0.2) is 103 Å². The Balaban J connectivity index is 1.43. The molecule has 0 aliphatic rings. The van der Waals surface area contributed by atoms with Gasteiger partial charge < -0.3 is 10.1 Å². The predicted octanol–water partition coefficient (Wildman–Crippen LogP) is 6.66. The third kappa shape index (κ3) is 5.75. The van der Waals surface area contributed by atoms with Gasteiger partial charge in [0.1, 0.15) is 5.69 Å². The summed E-state index contributed by atoms with van der Waals surface area (Å²) < 4.78 is 45.1. The van der Waals surface area contributed by atoms with E-state index < -0.39 is 17.7 Å². The Bertz CT molecular complexity index is 1660. The fourth-order valence-corrected chi connectivity index (χ4v) is 4.04. The molecule has 5 rings (SSSR count). The molecule has 1 heterocycles. The zero-order valence-electron chi connectivity index (χ0n) is 21.0. The Morgan fingerprint density at radius 1 is 0.800 bits per heavy atom. The summed E-state index contributed by atoms with van der Waals surface area (Å²) in [5, 5.41) is 11.1. The third-order valence-electron chi connectivity index (χ3n) is 6.12. The lowest BCUT2D eigenvalue weighted by Crippen LogP contribution is -2.11. The Hall–Kier alpha value is -5.25. The summed E-state index contributed by atoms with van der Waals surface area (Å²) >= 11 is 0. The zero-order chi connectivity index (χ0) is 28.3. The van der Waals surface area contributed by atoms with E-state index in [9.17, 15) is 22.8 Å². The van der Waals surface area contributed by atoms with Crippen LogP contribution >= 0.6 is 0 Å². The van der Waals surface area contributed by atoms with Crippen molar-refractivity contribution in [3.05, 3.63) is 120 Å². The van der Waals surface area contributed by atoms with Crippen molar-refractivity contribution in [3.63, 3.8) is 0 Å². The Kier molecular flexibility index (Phi) is 7.15. The number of esters is 1. The molecule has 200 valence electrons. The first-order valence-electron chi connectivity index (χ1n) is 12.0. The van der Waals surface area contributed by atoms with Gasteiger partial charge in [0, 0.05) is 16.8 Å². The summed E-state index contributed by atoms with van der Waals surface area (Å²) in [6, 6.07) is 25.6. The number of nitrogens with zero attached hydrogens (tertiary/aromatic N) is 3. The zero-order valence-corrected chi connectivity index (χ0v) is 21.0. The molecular formula is C30H21F3N4O3. The van der Waals surface area contributed by atoms with Gasteiger partial charge in [-0.05, 0) is 65.7 Å². The van der Waals surface area contributed by atoms with Crippen LogP contribution in [-0.4, -0.2) is 34.0 Å². The SMILES string of the molecule is COC(=O)c1cc(-c2ccc(NC(=O)c3ccccc3)cc2)cc(-n2cc(-c3ccc(C(F)(F)F)cc3)nn2)c1. The van der Waals surface area contributed by atoms with E-state index in [1.807, 2.05) is 6.07 Å². The first-order valence-corrected chi connectivity index (χ1v) is 12.0. The fourth-order valence-electron chi connectivity index (χ4n) is 4.04. The number of carbonyl (C=O) groups excluding carboxylic acids is 2. The molecule has 0 spiro atoms. The van der Waals surface area contributed by atoms with Gasteiger partial charge in [-0.15, -0.1) is 5.10 Å². The van der Waals surface area contributed by atoms with Crippen molar-refractivity contribution < 1.29 is 27.5 Å². The van der Waals surface area contributed by atoms with Gasteiger partial charge in [0.15, 0.2) is 0 Å². The molecule has 0 bridgehead atoms. The molecule has 0 fully saturated rings. The molecule has 5 aromatic rings. The van der Waals surface area contributed by atoms with Crippen molar-refractivity contribution in [2.75, 3.05) is 12.4 Å². The summed E-state index contributed by atoms with van der Waals surface area (Å²) in [4.78, 5) is 24.9. The van der Waals surface area contributed by atoms with Crippen LogP contribution in [0.1, 0.15) is 26.3 Å². The maximum Gasteiger partial charge on any atom is 0.416 e. The molecule has 0 radical (unpaired) electrons. The number of rotatable bonds is 6. The van der Waals surface area contributed by atoms with Crippen LogP contribution in [0.5, 0.6) is 0 Å². The van der Waals surface area contributed by atoms with Gasteiger partial charge in [-0.2, -0.15) is 13.2 Å². The molecule has 1 aromatic heterocycles. The van der Waals surface area contributed by atoms with Gasteiger partial charge in [0.05, 0.1) is 30.1 Å². The topological polar surface area (TPSA) is 86.1 Å². The number of halogens is 3. The summed E-state index contributed by atoms with van der Waals surface area (Å²) in [6.45, 7) is 0. The van der Waals surface area contributed by atoms with E-state index in [0.29, 0.717) is 33.8 Å². The van der Waals surface area contributed by atoms with E-state index in [0.717, 1.165) is 17.7 Å². The molecule has 0 atom stereocenters. The van der Waals surface area contributed by atoms with Crippen LogP contribution < -0.4 is 5.32 Å². The lowest BCUT2D eigenvalue weighted by atomic mass is 10.0. The van der Waals surface area contributed by atoms with E-state index in [4.69, 9.17) is 4.74 Å². The van der Waals surface area contributed by atoms with Gasteiger partial charge >= 0.3 is 12.1 Å². The van der Waals surface area contributed by atoms with E-state index in [1.54, 1.807) is 72.9 Å². The van der Waals surface area contributed by atoms with E-state index in [2.05, 4.69) is 15.6 Å². The number of benzene rings is 4. The summed E-state index contributed by atoms with van der Waals surface area (Å²) in [6.07, 6.45) is -2.88. The first kappa shape index (κ1) is 26.4. The highest BCUT2D eigenvalue weighted by Crippen LogP contribution is 2.31. The van der Waals surface area contributed by atoms with Gasteiger partial charge in [-0.25, -0.2) is 9.48 Å². The number of carbonyl (C=O) groups is 2. The summed E-state index contributed by atoms with van der Waals surface area (Å²) in [5.74, 6) is -0.795. The second-order valence-electron chi connectivity index (χ2n) is 8.78. The second kappa shape index (κ2) is 10.9. The first-order chi connectivity index (χ1) is 19.2. The smallest absolute Gasteiger partial charge is 0.416 e. The van der Waals surface area contributed by atoms with Crippen molar-refractivity contribution in [2.24, 2.45) is 0 Å². The minimum atomic E-state index is -4.44. The van der Waals surface area contributed by atoms with Gasteiger partial charge in [-0.3, -0.25) is 4.79 Å². The minimum Gasteiger partial charge on any atom is -0.465 e. The average molecular weight is 543 g/mol. The lowest BCUT2D eigenvalue weighted by Gasteiger charge is -2.10. The largest absolute Gasteiger partial charge is 0.465 e. The molecule has 7 nitrogen and oxygen atoms in total. The van der Waals surface area contributed by atoms with Crippen molar-refractivity contribution in [2.45, 2.75) is 6.18 Å². The molecular weight excluding hydrogens is 521 g/mol. The lowest BCUT2D eigenvalue weighted by molar-refractivity contribution is -0.137. The number of ether oxygens (including phenoxy) is 1. The normalized spacial score (nSPS) is 11.2. The Morgan fingerprint density at radius 3 is 2.12 bits per heavy atom. The molecule has 0 saturated carbocycles. The number of nitrogens with one attached hydrogen (secondary N) is 1. The maximum absolute atomic E-state index is 12.9. The highest BCUT2D eigenvalue weighted by Gasteiger charge is 2.30. The quantitative estimate of drug-likeness (QED) is 0.243. The van der Waals surface area contributed by atoms with Gasteiger partial charge in [0.25, 0.3) is 5.91 Å². The van der Waals surface area contributed by atoms with Crippen LogP contribution in [0.3, 0.4) is 0 Å². The fraction of sp³-hybridized carbons (Fsp3) is 0.0667. The standard InChI is InChI=1S/C30H21F3N4O3/c1-40-29(39)23-15-22(19-9-13-25(14-10-19)34-28(38)21-5-3-2-4-6-21)16-26(17-23)37-18-27(35-36-37)20-7-11-24(12-8-20)30(31,32)33/h2-18H,1H3,(H,34,38). The number of methoxy groups -OCH3 is 1. The number of anilines is 1. The van der Waals surface area contributed by atoms with Gasteiger partial charge in [0.2, 0.25) is 0 Å². The van der Waals surface area contributed by atoms with Crippen molar-refractivity contribution in [3.8, 4) is 28.1 Å². The molecule has 40 heavy (non-hydrogen) atoms. The van der Waals surface area contributed by atoms with Crippen LogP contribution in [-0.2, 0) is 10.9 Å². The van der Waals surface area contributed by atoms with Crippen LogP contribution in [0.2, 0.25) is 0 Å². The molecule has 0 aliphatic heterocycles. The van der Waals surface area contributed by atoms with E-state index >= 15 is 0 Å². The van der Waals surface area contributed by atoms with Gasteiger partial charge in [-0.1, -0.05) is 47.7 Å². The molecule has 0 unspecified atom stereocenters. The van der Waals surface area contributed by atoms with Crippen molar-refractivity contribution in [1.29, 1.82) is 0 Å².